The minimum Gasteiger partial charge on any atom is -0.324 e. The van der Waals surface area contributed by atoms with Crippen molar-refractivity contribution in [3.63, 3.8) is 0 Å². The molecule has 0 aliphatic rings. The fourth-order valence-corrected chi connectivity index (χ4v) is 1.83. The summed E-state index contributed by atoms with van der Waals surface area (Å²) in [4.78, 5) is 0. The Kier molecular flexibility index (Phi) is 4.83. The van der Waals surface area contributed by atoms with Crippen molar-refractivity contribution in [3.05, 3.63) is 35.4 Å². The molecule has 2 N–H and O–H groups in total. The summed E-state index contributed by atoms with van der Waals surface area (Å²) in [6.45, 7) is 6.62. The molecule has 1 aromatic carbocycles. The molecule has 0 amide bonds. The first-order valence-corrected chi connectivity index (χ1v) is 6.03. The topological polar surface area (TPSA) is 26.0 Å². The van der Waals surface area contributed by atoms with Gasteiger partial charge in [-0.25, -0.2) is 0 Å². The summed E-state index contributed by atoms with van der Waals surface area (Å²) in [7, 11) is 0. The molecule has 1 aromatic rings. The first kappa shape index (κ1) is 12.3. The van der Waals surface area contributed by atoms with Crippen LogP contribution in [0.2, 0.25) is 0 Å². The average molecular weight is 205 g/mol. The molecule has 0 aliphatic heterocycles. The van der Waals surface area contributed by atoms with Gasteiger partial charge in [-0.3, -0.25) is 0 Å². The molecule has 0 aliphatic carbocycles. The summed E-state index contributed by atoms with van der Waals surface area (Å²) in [6.07, 6.45) is 3.49. The van der Waals surface area contributed by atoms with E-state index in [1.165, 1.54) is 17.5 Å². The summed E-state index contributed by atoms with van der Waals surface area (Å²) in [5, 5.41) is 0. The molecule has 0 bridgehead atoms. The highest BCUT2D eigenvalue weighted by molar-refractivity contribution is 5.26. The zero-order valence-electron chi connectivity index (χ0n) is 10.2. The van der Waals surface area contributed by atoms with Crippen molar-refractivity contribution in [1.29, 1.82) is 0 Å². The smallest absolute Gasteiger partial charge is 0.0320 e. The van der Waals surface area contributed by atoms with E-state index in [9.17, 15) is 0 Å². The lowest BCUT2D eigenvalue weighted by Gasteiger charge is -2.19. The summed E-state index contributed by atoms with van der Waals surface area (Å²) >= 11 is 0. The van der Waals surface area contributed by atoms with Crippen LogP contribution >= 0.6 is 0 Å². The molecule has 2 unspecified atom stereocenters. The van der Waals surface area contributed by atoms with E-state index < -0.39 is 0 Å². The molecule has 0 heterocycles. The van der Waals surface area contributed by atoms with Gasteiger partial charge in [0.15, 0.2) is 0 Å². The van der Waals surface area contributed by atoms with Crippen LogP contribution in [0.25, 0.3) is 0 Å². The van der Waals surface area contributed by atoms with Gasteiger partial charge < -0.3 is 5.73 Å². The van der Waals surface area contributed by atoms with E-state index in [4.69, 9.17) is 5.73 Å². The van der Waals surface area contributed by atoms with Crippen molar-refractivity contribution >= 4 is 0 Å². The van der Waals surface area contributed by atoms with E-state index >= 15 is 0 Å². The highest BCUT2D eigenvalue weighted by Gasteiger charge is 2.12. The SMILES string of the molecule is CCCc1cccc(C(N)C(C)CC)c1. The average Bonchev–Trinajstić information content (AvgIpc) is 2.28. The zero-order chi connectivity index (χ0) is 11.3. The van der Waals surface area contributed by atoms with Crippen molar-refractivity contribution in [2.24, 2.45) is 11.7 Å². The van der Waals surface area contributed by atoms with Crippen molar-refractivity contribution in [3.8, 4) is 0 Å². The van der Waals surface area contributed by atoms with Crippen LogP contribution in [0.1, 0.15) is 50.8 Å². The number of benzene rings is 1. The van der Waals surface area contributed by atoms with Gasteiger partial charge >= 0.3 is 0 Å². The number of hydrogen-bond acceptors (Lipinski definition) is 1. The molecule has 0 fully saturated rings. The second-order valence-corrected chi connectivity index (χ2v) is 4.41. The highest BCUT2D eigenvalue weighted by Crippen LogP contribution is 2.22. The molecule has 0 spiro atoms. The van der Waals surface area contributed by atoms with Crippen LogP contribution < -0.4 is 5.73 Å². The first-order valence-electron chi connectivity index (χ1n) is 6.03. The number of aryl methyl sites for hydroxylation is 1. The molecular weight excluding hydrogens is 182 g/mol. The number of hydrogen-bond donors (Lipinski definition) is 1. The minimum absolute atomic E-state index is 0.187. The van der Waals surface area contributed by atoms with Crippen molar-refractivity contribution in [1.82, 2.24) is 0 Å². The molecule has 15 heavy (non-hydrogen) atoms. The predicted octanol–water partition coefficient (Wildman–Crippen LogP) is 3.69. The van der Waals surface area contributed by atoms with Crippen LogP contribution in [0.5, 0.6) is 0 Å². The predicted molar refractivity (Wildman–Crippen MR) is 66.8 cm³/mol. The van der Waals surface area contributed by atoms with Gasteiger partial charge in [0.25, 0.3) is 0 Å². The molecule has 1 heteroatoms. The molecule has 84 valence electrons. The normalized spacial score (nSPS) is 14.9. The lowest BCUT2D eigenvalue weighted by Crippen LogP contribution is -2.18. The molecule has 0 saturated carbocycles. The van der Waals surface area contributed by atoms with Crippen LogP contribution in [0.3, 0.4) is 0 Å². The Bertz CT molecular complexity index is 293. The van der Waals surface area contributed by atoms with E-state index in [2.05, 4.69) is 45.0 Å². The third-order valence-electron chi connectivity index (χ3n) is 3.13. The van der Waals surface area contributed by atoms with E-state index in [1.54, 1.807) is 0 Å². The van der Waals surface area contributed by atoms with Gasteiger partial charge in [0.05, 0.1) is 0 Å². The fourth-order valence-electron chi connectivity index (χ4n) is 1.83. The van der Waals surface area contributed by atoms with Crippen molar-refractivity contribution in [2.75, 3.05) is 0 Å². The van der Waals surface area contributed by atoms with Gasteiger partial charge in [-0.15, -0.1) is 0 Å². The lowest BCUT2D eigenvalue weighted by atomic mass is 9.92. The molecule has 1 nitrogen and oxygen atoms in total. The monoisotopic (exact) mass is 205 g/mol. The number of nitrogens with two attached hydrogens (primary N) is 1. The van der Waals surface area contributed by atoms with Gasteiger partial charge in [-0.05, 0) is 23.5 Å². The van der Waals surface area contributed by atoms with Gasteiger partial charge in [0.2, 0.25) is 0 Å². The Morgan fingerprint density at radius 2 is 2.00 bits per heavy atom. The first-order chi connectivity index (χ1) is 7.19. The Hall–Kier alpha value is -0.820. The van der Waals surface area contributed by atoms with Crippen LogP contribution in [-0.4, -0.2) is 0 Å². The lowest BCUT2D eigenvalue weighted by molar-refractivity contribution is 0.456. The summed E-state index contributed by atoms with van der Waals surface area (Å²) in [6, 6.07) is 8.92. The molecule has 2 atom stereocenters. The van der Waals surface area contributed by atoms with Gasteiger partial charge in [0, 0.05) is 6.04 Å². The maximum atomic E-state index is 6.21. The van der Waals surface area contributed by atoms with Gasteiger partial charge in [-0.2, -0.15) is 0 Å². The van der Waals surface area contributed by atoms with Crippen LogP contribution in [0, 0.1) is 5.92 Å². The molecule has 0 saturated heterocycles. The Labute approximate surface area is 93.7 Å². The van der Waals surface area contributed by atoms with Crippen molar-refractivity contribution in [2.45, 2.75) is 46.1 Å². The van der Waals surface area contributed by atoms with E-state index in [1.807, 2.05) is 0 Å². The van der Waals surface area contributed by atoms with E-state index in [0.29, 0.717) is 5.92 Å². The molecule has 0 radical (unpaired) electrons. The third kappa shape index (κ3) is 3.35. The standard InChI is InChI=1S/C14H23N/c1-4-7-12-8-6-9-13(10-12)14(15)11(3)5-2/h6,8-11,14H,4-5,7,15H2,1-3H3. The van der Waals surface area contributed by atoms with Crippen LogP contribution in [-0.2, 0) is 6.42 Å². The van der Waals surface area contributed by atoms with Crippen LogP contribution in [0.4, 0.5) is 0 Å². The number of rotatable bonds is 5. The molecule has 0 aromatic heterocycles. The largest absolute Gasteiger partial charge is 0.324 e. The van der Waals surface area contributed by atoms with Gasteiger partial charge in [0.1, 0.15) is 0 Å². The third-order valence-corrected chi connectivity index (χ3v) is 3.13. The highest BCUT2D eigenvalue weighted by atomic mass is 14.6. The second kappa shape index (κ2) is 5.92. The minimum atomic E-state index is 0.187. The quantitative estimate of drug-likeness (QED) is 0.779. The Balaban J connectivity index is 2.80. The molecule has 1 rings (SSSR count). The Morgan fingerprint density at radius 1 is 1.27 bits per heavy atom. The maximum absolute atomic E-state index is 6.21. The summed E-state index contributed by atoms with van der Waals surface area (Å²) in [5.41, 5.74) is 8.91. The van der Waals surface area contributed by atoms with Gasteiger partial charge in [-0.1, -0.05) is 57.9 Å². The Morgan fingerprint density at radius 3 is 2.60 bits per heavy atom. The van der Waals surface area contributed by atoms with Crippen molar-refractivity contribution < 1.29 is 0 Å². The zero-order valence-corrected chi connectivity index (χ0v) is 10.2. The van der Waals surface area contributed by atoms with Crippen LogP contribution in [0.15, 0.2) is 24.3 Å². The maximum Gasteiger partial charge on any atom is 0.0320 e. The summed E-state index contributed by atoms with van der Waals surface area (Å²) < 4.78 is 0. The fraction of sp³-hybridized carbons (Fsp3) is 0.571. The summed E-state index contributed by atoms with van der Waals surface area (Å²) in [5.74, 6) is 0.557. The molecular formula is C14H23N. The van der Waals surface area contributed by atoms with E-state index in [0.717, 1.165) is 12.8 Å². The van der Waals surface area contributed by atoms with E-state index in [-0.39, 0.29) is 6.04 Å². The second-order valence-electron chi connectivity index (χ2n) is 4.41.